The first-order valence-corrected chi connectivity index (χ1v) is 7.40. The van der Waals surface area contributed by atoms with Crippen LogP contribution in [-0.2, 0) is 0 Å². The Balaban J connectivity index is 2.68. The summed E-state index contributed by atoms with van der Waals surface area (Å²) >= 11 is 0. The Labute approximate surface area is 103 Å². The third-order valence-corrected chi connectivity index (χ3v) is 4.93. The van der Waals surface area contributed by atoms with Crippen LogP contribution in [0, 0.1) is 5.92 Å². The second-order valence-electron chi connectivity index (χ2n) is 5.60. The summed E-state index contributed by atoms with van der Waals surface area (Å²) in [6.45, 7) is 8.74. The van der Waals surface area contributed by atoms with Crippen LogP contribution in [0.1, 0.15) is 71.6 Å². The maximum atomic E-state index is 3.98. The highest BCUT2D eigenvalue weighted by Gasteiger charge is 2.34. The van der Waals surface area contributed by atoms with Crippen LogP contribution in [0.5, 0.6) is 0 Å². The van der Waals surface area contributed by atoms with E-state index >= 15 is 0 Å². The van der Waals surface area contributed by atoms with Crippen molar-refractivity contribution in [2.75, 3.05) is 0 Å². The third kappa shape index (κ3) is 3.40. The molecule has 1 aliphatic rings. The van der Waals surface area contributed by atoms with E-state index in [2.05, 4.69) is 26.4 Å². The number of hydrogen-bond acceptors (Lipinski definition) is 0. The molecule has 0 N–H and O–H groups in total. The molecule has 0 amide bonds. The normalized spacial score (nSPS) is 19.9. The predicted molar refractivity (Wildman–Crippen MR) is 76.4 cm³/mol. The second-order valence-corrected chi connectivity index (χ2v) is 5.60. The molecular weight excluding hydrogens is 191 g/mol. The summed E-state index contributed by atoms with van der Waals surface area (Å²) in [5, 5.41) is 0.569. The van der Waals surface area contributed by atoms with E-state index in [1.54, 1.807) is 0 Å². The molecule has 1 saturated carbocycles. The molecule has 0 spiro atoms. The molecule has 1 heteroatoms. The molecule has 0 saturated heterocycles. The Bertz CT molecular complexity index is 186. The molecule has 1 rings (SSSR count). The van der Waals surface area contributed by atoms with Gasteiger partial charge in [0.15, 0.2) is 7.28 Å². The first-order chi connectivity index (χ1) is 7.79. The Morgan fingerprint density at radius 2 is 1.56 bits per heavy atom. The first-order valence-electron chi connectivity index (χ1n) is 7.40. The van der Waals surface area contributed by atoms with E-state index in [1.807, 2.05) is 0 Å². The summed E-state index contributed by atoms with van der Waals surface area (Å²) in [6, 6.07) is 0. The van der Waals surface area contributed by atoms with E-state index in [0.29, 0.717) is 5.31 Å². The molecule has 0 radical (unpaired) electrons. The van der Waals surface area contributed by atoms with Gasteiger partial charge >= 0.3 is 0 Å². The van der Waals surface area contributed by atoms with Crippen LogP contribution in [0.25, 0.3) is 0 Å². The lowest BCUT2D eigenvalue weighted by molar-refractivity contribution is 0.266. The zero-order valence-corrected chi connectivity index (χ0v) is 11.4. The lowest BCUT2D eigenvalue weighted by Crippen LogP contribution is -2.28. The van der Waals surface area contributed by atoms with Gasteiger partial charge in [0.2, 0.25) is 0 Å². The van der Waals surface area contributed by atoms with Crippen molar-refractivity contribution in [1.29, 1.82) is 0 Å². The molecule has 0 unspecified atom stereocenters. The molecule has 0 aromatic heterocycles. The average Bonchev–Trinajstić information content (AvgIpc) is 2.26. The molecule has 0 bridgehead atoms. The van der Waals surface area contributed by atoms with Crippen molar-refractivity contribution < 1.29 is 0 Å². The summed E-state index contributed by atoms with van der Waals surface area (Å²) in [5.74, 6) is 3.12. The maximum absolute atomic E-state index is 3.98. The maximum Gasteiger partial charge on any atom is 0.154 e. The second kappa shape index (κ2) is 7.19. The molecule has 0 nitrogen and oxygen atoms in total. The molecule has 0 aromatic rings. The summed E-state index contributed by atoms with van der Waals surface area (Å²) in [5.41, 5.74) is 0. The van der Waals surface area contributed by atoms with E-state index in [-0.39, 0.29) is 0 Å². The highest BCUT2D eigenvalue weighted by molar-refractivity contribution is 6.46. The van der Waals surface area contributed by atoms with E-state index < -0.39 is 0 Å². The van der Waals surface area contributed by atoms with Gasteiger partial charge in [-0.2, -0.15) is 0 Å². The predicted octanol–water partition coefficient (Wildman–Crippen LogP) is 4.91. The van der Waals surface area contributed by atoms with Crippen molar-refractivity contribution in [3.8, 4) is 0 Å². The average molecular weight is 220 g/mol. The summed E-state index contributed by atoms with van der Waals surface area (Å²) in [6.07, 6.45) is 12.9. The van der Waals surface area contributed by atoms with Crippen LogP contribution in [0.4, 0.5) is 0 Å². The minimum Gasteiger partial charge on any atom is -0.126 e. The first kappa shape index (κ1) is 13.9. The lowest BCUT2D eigenvalue weighted by Gasteiger charge is -2.40. The summed E-state index contributed by atoms with van der Waals surface area (Å²) < 4.78 is 0. The van der Waals surface area contributed by atoms with Crippen molar-refractivity contribution in [3.05, 3.63) is 12.6 Å². The molecular formula is C15H29B. The summed E-state index contributed by atoms with van der Waals surface area (Å²) in [7, 11) is 1.23. The SMILES string of the molecule is C=CBC(CC)(CC)C1CCCCCCC1. The van der Waals surface area contributed by atoms with Crippen molar-refractivity contribution in [2.24, 2.45) is 5.92 Å². The van der Waals surface area contributed by atoms with Crippen LogP contribution >= 0.6 is 0 Å². The van der Waals surface area contributed by atoms with Gasteiger partial charge in [0.1, 0.15) is 0 Å². The van der Waals surface area contributed by atoms with Crippen LogP contribution in [0.2, 0.25) is 5.31 Å². The highest BCUT2D eigenvalue weighted by atomic mass is 14.3. The molecule has 0 aliphatic heterocycles. The Hall–Kier alpha value is -0.195. The Kier molecular flexibility index (Phi) is 6.23. The zero-order valence-electron chi connectivity index (χ0n) is 11.4. The smallest absolute Gasteiger partial charge is 0.126 e. The standard InChI is InChI=1S/C15H29B/c1-4-15(5-2,16-6-3)14-12-10-8-7-9-11-13-14/h6,14,16H,3-5,7-13H2,1-2H3. The molecule has 92 valence electrons. The molecule has 1 aliphatic carbocycles. The van der Waals surface area contributed by atoms with Crippen molar-refractivity contribution >= 4 is 7.28 Å². The zero-order chi connectivity index (χ0) is 11.9. The Morgan fingerprint density at radius 1 is 1.06 bits per heavy atom. The van der Waals surface area contributed by atoms with Gasteiger partial charge in [-0.05, 0) is 11.2 Å². The van der Waals surface area contributed by atoms with Crippen LogP contribution in [0.3, 0.4) is 0 Å². The minimum atomic E-state index is 0.569. The molecule has 0 heterocycles. The largest absolute Gasteiger partial charge is 0.154 e. The minimum absolute atomic E-state index is 0.569. The van der Waals surface area contributed by atoms with Gasteiger partial charge in [-0.1, -0.05) is 71.6 Å². The molecule has 16 heavy (non-hydrogen) atoms. The quantitative estimate of drug-likeness (QED) is 0.578. The van der Waals surface area contributed by atoms with E-state index in [9.17, 15) is 0 Å². The molecule has 0 aromatic carbocycles. The van der Waals surface area contributed by atoms with E-state index in [4.69, 9.17) is 0 Å². The number of hydrogen-bond donors (Lipinski definition) is 0. The van der Waals surface area contributed by atoms with Crippen LogP contribution < -0.4 is 0 Å². The van der Waals surface area contributed by atoms with Crippen molar-refractivity contribution in [3.63, 3.8) is 0 Å². The van der Waals surface area contributed by atoms with Gasteiger partial charge in [0.25, 0.3) is 0 Å². The fourth-order valence-electron chi connectivity index (χ4n) is 3.64. The van der Waals surface area contributed by atoms with Gasteiger partial charge in [0.05, 0.1) is 0 Å². The van der Waals surface area contributed by atoms with Crippen molar-refractivity contribution in [1.82, 2.24) is 0 Å². The van der Waals surface area contributed by atoms with E-state index in [0.717, 1.165) is 5.92 Å². The summed E-state index contributed by atoms with van der Waals surface area (Å²) in [4.78, 5) is 0. The van der Waals surface area contributed by atoms with Gasteiger partial charge in [-0.25, -0.2) is 0 Å². The number of rotatable bonds is 5. The Morgan fingerprint density at radius 3 is 2.00 bits per heavy atom. The lowest BCUT2D eigenvalue weighted by atomic mass is 9.44. The fourth-order valence-corrected chi connectivity index (χ4v) is 3.64. The molecule has 1 fully saturated rings. The van der Waals surface area contributed by atoms with Gasteiger partial charge in [-0.15, -0.1) is 12.6 Å². The van der Waals surface area contributed by atoms with Gasteiger partial charge in [-0.3, -0.25) is 0 Å². The highest BCUT2D eigenvalue weighted by Crippen LogP contribution is 2.47. The third-order valence-electron chi connectivity index (χ3n) is 4.93. The topological polar surface area (TPSA) is 0 Å². The van der Waals surface area contributed by atoms with Gasteiger partial charge in [0, 0.05) is 0 Å². The van der Waals surface area contributed by atoms with Crippen LogP contribution in [0.15, 0.2) is 12.6 Å². The van der Waals surface area contributed by atoms with Crippen molar-refractivity contribution in [2.45, 2.75) is 76.9 Å². The van der Waals surface area contributed by atoms with Crippen LogP contribution in [-0.4, -0.2) is 7.28 Å². The fraction of sp³-hybridized carbons (Fsp3) is 0.867. The van der Waals surface area contributed by atoms with Gasteiger partial charge < -0.3 is 0 Å². The molecule has 0 atom stereocenters. The van der Waals surface area contributed by atoms with E-state index in [1.165, 1.54) is 65.1 Å². The monoisotopic (exact) mass is 220 g/mol.